The molecule has 0 spiro atoms. The first kappa shape index (κ1) is 21.4. The molecule has 9 heteroatoms. The minimum Gasteiger partial charge on any atom is -0.287 e. The summed E-state index contributed by atoms with van der Waals surface area (Å²) in [6.07, 6.45) is 6.45. The third-order valence-corrected chi connectivity index (χ3v) is 7.31. The Labute approximate surface area is 207 Å². The molecule has 4 aromatic heterocycles. The van der Waals surface area contributed by atoms with Crippen LogP contribution in [0.15, 0.2) is 95.0 Å². The van der Waals surface area contributed by atoms with Crippen molar-refractivity contribution in [3.63, 3.8) is 0 Å². The van der Waals surface area contributed by atoms with Crippen molar-refractivity contribution in [3.05, 3.63) is 117 Å². The molecular formula is C26H16ClN5O2S. The van der Waals surface area contributed by atoms with Gasteiger partial charge in [0.05, 0.1) is 30.1 Å². The number of fused-ring (bicyclic) bond motifs is 2. The van der Waals surface area contributed by atoms with Crippen LogP contribution in [0.2, 0.25) is 5.02 Å². The predicted octanol–water partition coefficient (Wildman–Crippen LogP) is 4.92. The summed E-state index contributed by atoms with van der Waals surface area (Å²) in [5.41, 5.74) is 1.72. The maximum absolute atomic E-state index is 13.9. The van der Waals surface area contributed by atoms with Gasteiger partial charge in [-0.3, -0.25) is 14.3 Å². The Morgan fingerprint density at radius 1 is 0.914 bits per heavy atom. The molecule has 4 heterocycles. The van der Waals surface area contributed by atoms with Gasteiger partial charge in [0.2, 0.25) is 0 Å². The van der Waals surface area contributed by atoms with Crippen LogP contribution < -0.4 is 11.2 Å². The fraction of sp³-hybridized carbons (Fsp3) is 0.0385. The molecule has 0 saturated carbocycles. The summed E-state index contributed by atoms with van der Waals surface area (Å²) in [4.78, 5) is 32.8. The molecule has 0 N–H and O–H groups in total. The molecule has 0 atom stereocenters. The molecule has 0 saturated heterocycles. The van der Waals surface area contributed by atoms with Gasteiger partial charge in [0.1, 0.15) is 4.70 Å². The fourth-order valence-corrected chi connectivity index (χ4v) is 5.60. The number of rotatable bonds is 4. The standard InChI is InChI=1S/C26H16ClN5O2S/c27-20-8-4-3-7-19(20)23-11-21-24(35-23)25(33)32(22-14-28-13-17-5-1-2-6-18(17)22)26(34)31(21)15-16-9-10-29-30-12-16/h1-14H,15H2. The Kier molecular flexibility index (Phi) is 5.24. The lowest BCUT2D eigenvalue weighted by Crippen LogP contribution is -2.38. The van der Waals surface area contributed by atoms with Crippen LogP contribution in [-0.4, -0.2) is 24.3 Å². The van der Waals surface area contributed by atoms with Crippen LogP contribution in [0.3, 0.4) is 0 Å². The lowest BCUT2D eigenvalue weighted by Gasteiger charge is -2.13. The van der Waals surface area contributed by atoms with Crippen molar-refractivity contribution in [2.45, 2.75) is 6.54 Å². The quantitative estimate of drug-likeness (QED) is 0.345. The van der Waals surface area contributed by atoms with Gasteiger partial charge in [-0.1, -0.05) is 54.1 Å². The second-order valence-corrected chi connectivity index (χ2v) is 9.40. The zero-order chi connectivity index (χ0) is 23.9. The van der Waals surface area contributed by atoms with Crippen LogP contribution in [0.25, 0.3) is 37.1 Å². The molecule has 0 radical (unpaired) electrons. The number of halogens is 1. The summed E-state index contributed by atoms with van der Waals surface area (Å²) >= 11 is 7.76. The van der Waals surface area contributed by atoms with Crippen molar-refractivity contribution >= 4 is 43.9 Å². The molecule has 0 amide bonds. The first-order valence-corrected chi connectivity index (χ1v) is 11.9. The maximum Gasteiger partial charge on any atom is 0.336 e. The van der Waals surface area contributed by atoms with Gasteiger partial charge in [-0.05, 0) is 23.8 Å². The fourth-order valence-electron chi connectivity index (χ4n) is 4.18. The second kappa shape index (κ2) is 8.57. The van der Waals surface area contributed by atoms with Gasteiger partial charge < -0.3 is 0 Å². The minimum atomic E-state index is -0.457. The van der Waals surface area contributed by atoms with Crippen LogP contribution in [0.4, 0.5) is 0 Å². The molecule has 35 heavy (non-hydrogen) atoms. The van der Waals surface area contributed by atoms with Crippen molar-refractivity contribution in [2.75, 3.05) is 0 Å². The molecular weight excluding hydrogens is 482 g/mol. The third-order valence-electron chi connectivity index (χ3n) is 5.84. The SMILES string of the molecule is O=c1c2sc(-c3ccccc3Cl)cc2n(Cc2ccnnc2)c(=O)n1-c1cncc2ccccc12. The van der Waals surface area contributed by atoms with E-state index in [2.05, 4.69) is 15.2 Å². The summed E-state index contributed by atoms with van der Waals surface area (Å²) in [7, 11) is 0. The smallest absolute Gasteiger partial charge is 0.287 e. The van der Waals surface area contributed by atoms with Gasteiger partial charge in [0, 0.05) is 38.6 Å². The summed E-state index contributed by atoms with van der Waals surface area (Å²) in [6, 6.07) is 18.6. The molecule has 170 valence electrons. The third kappa shape index (κ3) is 3.63. The van der Waals surface area contributed by atoms with E-state index in [0.717, 1.165) is 26.8 Å². The van der Waals surface area contributed by atoms with Crippen molar-refractivity contribution < 1.29 is 0 Å². The van der Waals surface area contributed by atoms with E-state index in [1.54, 1.807) is 41.5 Å². The van der Waals surface area contributed by atoms with E-state index in [4.69, 9.17) is 11.6 Å². The Balaban J connectivity index is 1.70. The van der Waals surface area contributed by atoms with E-state index in [0.29, 0.717) is 20.9 Å². The first-order chi connectivity index (χ1) is 17.1. The number of hydrogen-bond donors (Lipinski definition) is 0. The number of benzene rings is 2. The van der Waals surface area contributed by atoms with E-state index in [-0.39, 0.29) is 6.54 Å². The van der Waals surface area contributed by atoms with Gasteiger partial charge in [-0.25, -0.2) is 9.36 Å². The normalized spacial score (nSPS) is 11.3. The number of aromatic nitrogens is 5. The van der Waals surface area contributed by atoms with Crippen LogP contribution in [0.1, 0.15) is 5.56 Å². The van der Waals surface area contributed by atoms with Gasteiger partial charge in [-0.2, -0.15) is 10.2 Å². The monoisotopic (exact) mass is 497 g/mol. The highest BCUT2D eigenvalue weighted by Crippen LogP contribution is 2.35. The molecule has 0 bridgehead atoms. The Bertz CT molecular complexity index is 1840. The van der Waals surface area contributed by atoms with Crippen molar-refractivity contribution in [3.8, 4) is 16.1 Å². The zero-order valence-corrected chi connectivity index (χ0v) is 19.7. The highest BCUT2D eigenvalue weighted by atomic mass is 35.5. The molecule has 0 unspecified atom stereocenters. The largest absolute Gasteiger partial charge is 0.336 e. The van der Waals surface area contributed by atoms with Crippen molar-refractivity contribution in [2.24, 2.45) is 0 Å². The average molecular weight is 498 g/mol. The minimum absolute atomic E-state index is 0.224. The van der Waals surface area contributed by atoms with E-state index < -0.39 is 11.2 Å². The van der Waals surface area contributed by atoms with Gasteiger partial charge in [-0.15, -0.1) is 11.3 Å². The highest BCUT2D eigenvalue weighted by Gasteiger charge is 2.20. The Hall–Kier alpha value is -4.14. The van der Waals surface area contributed by atoms with Gasteiger partial charge >= 0.3 is 5.69 Å². The van der Waals surface area contributed by atoms with Crippen LogP contribution in [0, 0.1) is 0 Å². The molecule has 0 aliphatic rings. The number of thiophene rings is 1. The zero-order valence-electron chi connectivity index (χ0n) is 18.1. The molecule has 0 aliphatic carbocycles. The maximum atomic E-state index is 13.9. The summed E-state index contributed by atoms with van der Waals surface area (Å²) in [5, 5.41) is 9.94. The number of pyridine rings is 1. The average Bonchev–Trinajstić information content (AvgIpc) is 3.33. The molecule has 7 nitrogen and oxygen atoms in total. The predicted molar refractivity (Wildman–Crippen MR) is 139 cm³/mol. The highest BCUT2D eigenvalue weighted by molar-refractivity contribution is 7.22. The van der Waals surface area contributed by atoms with Gasteiger partial charge in [0.25, 0.3) is 5.56 Å². The summed E-state index contributed by atoms with van der Waals surface area (Å²) in [5.74, 6) is 0. The van der Waals surface area contributed by atoms with E-state index in [9.17, 15) is 9.59 Å². The van der Waals surface area contributed by atoms with E-state index >= 15 is 0 Å². The first-order valence-electron chi connectivity index (χ1n) is 10.7. The summed E-state index contributed by atoms with van der Waals surface area (Å²) < 4.78 is 3.25. The lowest BCUT2D eigenvalue weighted by atomic mass is 10.1. The molecule has 2 aromatic carbocycles. The number of nitrogens with zero attached hydrogens (tertiary/aromatic N) is 5. The Morgan fingerprint density at radius 3 is 2.57 bits per heavy atom. The van der Waals surface area contributed by atoms with Crippen LogP contribution in [0.5, 0.6) is 0 Å². The van der Waals surface area contributed by atoms with Crippen LogP contribution >= 0.6 is 22.9 Å². The van der Waals surface area contributed by atoms with E-state index in [1.807, 2.05) is 48.5 Å². The van der Waals surface area contributed by atoms with Crippen molar-refractivity contribution in [1.29, 1.82) is 0 Å². The molecule has 0 aliphatic heterocycles. The Morgan fingerprint density at radius 2 is 1.74 bits per heavy atom. The van der Waals surface area contributed by atoms with E-state index in [1.165, 1.54) is 15.9 Å². The lowest BCUT2D eigenvalue weighted by molar-refractivity contribution is 0.712. The van der Waals surface area contributed by atoms with Gasteiger partial charge in [0.15, 0.2) is 0 Å². The molecule has 0 fully saturated rings. The van der Waals surface area contributed by atoms with Crippen LogP contribution in [-0.2, 0) is 6.54 Å². The molecule has 6 aromatic rings. The topological polar surface area (TPSA) is 82.7 Å². The second-order valence-electron chi connectivity index (χ2n) is 7.94. The number of hydrogen-bond acceptors (Lipinski definition) is 6. The summed E-state index contributed by atoms with van der Waals surface area (Å²) in [6.45, 7) is 0.224. The van der Waals surface area contributed by atoms with Crippen molar-refractivity contribution in [1.82, 2.24) is 24.3 Å². The molecule has 6 rings (SSSR count).